The zero-order chi connectivity index (χ0) is 20.8. The van der Waals surface area contributed by atoms with Crippen LogP contribution in [0.3, 0.4) is 0 Å². The van der Waals surface area contributed by atoms with Crippen molar-refractivity contribution in [2.75, 3.05) is 25.0 Å². The van der Waals surface area contributed by atoms with Gasteiger partial charge in [0.2, 0.25) is 5.91 Å². The fraction of sp³-hybridized carbons (Fsp3) is 0.391. The van der Waals surface area contributed by atoms with Gasteiger partial charge in [0.1, 0.15) is 0 Å². The van der Waals surface area contributed by atoms with Crippen molar-refractivity contribution in [1.82, 2.24) is 4.90 Å². The number of amides is 1. The van der Waals surface area contributed by atoms with Gasteiger partial charge in [-0.15, -0.1) is 0 Å². The Kier molecular flexibility index (Phi) is 7.29. The number of anilines is 1. The lowest BCUT2D eigenvalue weighted by Crippen LogP contribution is -2.37. The van der Waals surface area contributed by atoms with E-state index < -0.39 is 5.97 Å². The molecule has 154 valence electrons. The molecule has 29 heavy (non-hydrogen) atoms. The number of esters is 1. The van der Waals surface area contributed by atoms with Crippen LogP contribution in [-0.2, 0) is 16.1 Å². The molecule has 0 unspecified atom stereocenters. The second-order valence-electron chi connectivity index (χ2n) is 7.44. The Morgan fingerprint density at radius 3 is 2.48 bits per heavy atom. The van der Waals surface area contributed by atoms with Crippen molar-refractivity contribution in [3.8, 4) is 0 Å². The molecule has 1 amide bonds. The number of nitrogens with zero attached hydrogens (tertiary/aromatic N) is 1. The minimum atomic E-state index is -0.488. The molecule has 1 aliphatic rings. The van der Waals surface area contributed by atoms with Gasteiger partial charge in [-0.1, -0.05) is 41.4 Å². The molecule has 2 aromatic rings. The molecule has 0 bridgehead atoms. The van der Waals surface area contributed by atoms with Crippen LogP contribution in [0.4, 0.5) is 5.69 Å². The van der Waals surface area contributed by atoms with Crippen LogP contribution >= 0.6 is 11.6 Å². The van der Waals surface area contributed by atoms with Gasteiger partial charge in [0.25, 0.3) is 0 Å². The van der Waals surface area contributed by atoms with Crippen molar-refractivity contribution in [3.05, 3.63) is 64.2 Å². The van der Waals surface area contributed by atoms with Gasteiger partial charge in [-0.25, -0.2) is 4.79 Å². The van der Waals surface area contributed by atoms with E-state index in [4.69, 9.17) is 16.3 Å². The van der Waals surface area contributed by atoms with E-state index in [2.05, 4.69) is 41.4 Å². The number of likely N-dealkylation sites (tertiary alicyclic amines) is 1. The van der Waals surface area contributed by atoms with Crippen LogP contribution in [0, 0.1) is 12.8 Å². The summed E-state index contributed by atoms with van der Waals surface area (Å²) in [5.74, 6) is -0.541. The minimum absolute atomic E-state index is 0.0166. The predicted molar refractivity (Wildman–Crippen MR) is 115 cm³/mol. The summed E-state index contributed by atoms with van der Waals surface area (Å²) >= 11 is 6.08. The van der Waals surface area contributed by atoms with Crippen LogP contribution in [0.1, 0.15) is 41.3 Å². The summed E-state index contributed by atoms with van der Waals surface area (Å²) in [4.78, 5) is 27.1. The van der Waals surface area contributed by atoms with Gasteiger partial charge in [0.15, 0.2) is 0 Å². The maximum atomic E-state index is 12.7. The molecule has 6 heteroatoms. The van der Waals surface area contributed by atoms with Crippen LogP contribution in [0.15, 0.2) is 42.5 Å². The molecule has 2 aromatic carbocycles. The lowest BCUT2D eigenvalue weighted by Gasteiger charge is -2.31. The molecule has 1 saturated heterocycles. The van der Waals surface area contributed by atoms with Gasteiger partial charge in [-0.3, -0.25) is 9.69 Å². The molecule has 0 spiro atoms. The molecule has 1 aliphatic heterocycles. The first-order chi connectivity index (χ1) is 14.0. The lowest BCUT2D eigenvalue weighted by molar-refractivity contribution is -0.121. The van der Waals surface area contributed by atoms with Gasteiger partial charge < -0.3 is 10.1 Å². The first kappa shape index (κ1) is 21.3. The molecule has 0 aliphatic carbocycles. The van der Waals surface area contributed by atoms with Crippen LogP contribution in [0.25, 0.3) is 0 Å². The van der Waals surface area contributed by atoms with Crippen LogP contribution in [0.5, 0.6) is 0 Å². The summed E-state index contributed by atoms with van der Waals surface area (Å²) < 4.78 is 5.01. The fourth-order valence-electron chi connectivity index (χ4n) is 3.52. The summed E-state index contributed by atoms with van der Waals surface area (Å²) in [7, 11) is 0. The fourth-order valence-corrected chi connectivity index (χ4v) is 3.71. The third-order valence-electron chi connectivity index (χ3n) is 5.21. The number of carbonyl (C=O) groups is 2. The highest BCUT2D eigenvalue weighted by molar-refractivity contribution is 6.33. The van der Waals surface area contributed by atoms with Gasteiger partial charge in [0, 0.05) is 18.2 Å². The number of ether oxygens (including phenoxy) is 1. The van der Waals surface area contributed by atoms with E-state index in [0.29, 0.717) is 10.7 Å². The minimum Gasteiger partial charge on any atom is -0.462 e. The van der Waals surface area contributed by atoms with Crippen molar-refractivity contribution >= 4 is 29.2 Å². The Labute approximate surface area is 177 Å². The first-order valence-electron chi connectivity index (χ1n) is 10.0. The van der Waals surface area contributed by atoms with Crippen molar-refractivity contribution in [1.29, 1.82) is 0 Å². The molecule has 1 fully saturated rings. The second-order valence-corrected chi connectivity index (χ2v) is 7.85. The smallest absolute Gasteiger partial charge is 0.339 e. The quantitative estimate of drug-likeness (QED) is 0.697. The van der Waals surface area contributed by atoms with Crippen molar-refractivity contribution in [2.45, 2.75) is 33.2 Å². The Bertz CT molecular complexity index is 859. The zero-order valence-corrected chi connectivity index (χ0v) is 17.7. The SMILES string of the molecule is CCOC(=O)c1cc(NC(=O)C2CCN(Cc3ccc(C)cc3)CC2)ccc1Cl. The van der Waals surface area contributed by atoms with Crippen molar-refractivity contribution in [3.63, 3.8) is 0 Å². The van der Waals surface area contributed by atoms with Gasteiger partial charge in [0.05, 0.1) is 17.2 Å². The molecule has 3 rings (SSSR count). The van der Waals surface area contributed by atoms with Crippen molar-refractivity contribution in [2.24, 2.45) is 5.92 Å². The topological polar surface area (TPSA) is 58.6 Å². The Hall–Kier alpha value is -2.37. The molecule has 5 nitrogen and oxygen atoms in total. The summed E-state index contributed by atoms with van der Waals surface area (Å²) in [6.07, 6.45) is 1.63. The second kappa shape index (κ2) is 9.90. The molecular weight excluding hydrogens is 388 g/mol. The summed E-state index contributed by atoms with van der Waals surface area (Å²) in [6.45, 7) is 6.79. The third-order valence-corrected chi connectivity index (χ3v) is 5.54. The number of benzene rings is 2. The number of carbonyl (C=O) groups excluding carboxylic acids is 2. The molecule has 0 radical (unpaired) electrons. The van der Waals surface area contributed by atoms with Crippen LogP contribution < -0.4 is 5.32 Å². The van der Waals surface area contributed by atoms with Crippen molar-refractivity contribution < 1.29 is 14.3 Å². The van der Waals surface area contributed by atoms with Gasteiger partial charge in [-0.2, -0.15) is 0 Å². The molecule has 1 heterocycles. The van der Waals surface area contributed by atoms with E-state index in [9.17, 15) is 9.59 Å². The highest BCUT2D eigenvalue weighted by Gasteiger charge is 2.25. The number of hydrogen-bond donors (Lipinski definition) is 1. The Morgan fingerprint density at radius 2 is 1.83 bits per heavy atom. The van der Waals surface area contributed by atoms with E-state index in [-0.39, 0.29) is 24.0 Å². The number of hydrogen-bond acceptors (Lipinski definition) is 4. The highest BCUT2D eigenvalue weighted by Crippen LogP contribution is 2.24. The first-order valence-corrected chi connectivity index (χ1v) is 10.4. The lowest BCUT2D eigenvalue weighted by atomic mass is 9.95. The standard InChI is InChI=1S/C23H27ClN2O3/c1-3-29-23(28)20-14-19(8-9-21(20)24)25-22(27)18-10-12-26(13-11-18)15-17-6-4-16(2)5-7-17/h4-9,14,18H,3,10-13,15H2,1-2H3,(H,25,27). The van der Waals surface area contributed by atoms with Gasteiger partial charge in [-0.05, 0) is 63.5 Å². The maximum absolute atomic E-state index is 12.7. The zero-order valence-electron chi connectivity index (χ0n) is 16.9. The molecule has 0 aromatic heterocycles. The van der Waals surface area contributed by atoms with E-state index in [1.165, 1.54) is 11.1 Å². The summed E-state index contributed by atoms with van der Waals surface area (Å²) in [5, 5.41) is 3.23. The van der Waals surface area contributed by atoms with E-state index >= 15 is 0 Å². The Balaban J connectivity index is 1.54. The number of piperidine rings is 1. The summed E-state index contributed by atoms with van der Waals surface area (Å²) in [5.41, 5.74) is 3.38. The number of nitrogens with one attached hydrogen (secondary N) is 1. The van der Waals surface area contributed by atoms with E-state index in [1.807, 2.05) is 0 Å². The largest absolute Gasteiger partial charge is 0.462 e. The van der Waals surface area contributed by atoms with Crippen LogP contribution in [0.2, 0.25) is 5.02 Å². The number of aryl methyl sites for hydroxylation is 1. The predicted octanol–water partition coefficient (Wildman–Crippen LogP) is 4.68. The van der Waals surface area contributed by atoms with E-state index in [1.54, 1.807) is 25.1 Å². The maximum Gasteiger partial charge on any atom is 0.339 e. The van der Waals surface area contributed by atoms with E-state index in [0.717, 1.165) is 32.5 Å². The average Bonchev–Trinajstić information content (AvgIpc) is 2.72. The number of rotatable bonds is 6. The normalized spacial score (nSPS) is 15.1. The molecule has 1 N–H and O–H groups in total. The molecule has 0 saturated carbocycles. The number of halogens is 1. The average molecular weight is 415 g/mol. The summed E-state index contributed by atoms with van der Waals surface area (Å²) in [6, 6.07) is 13.5. The van der Waals surface area contributed by atoms with Crippen LogP contribution in [-0.4, -0.2) is 36.5 Å². The highest BCUT2D eigenvalue weighted by atomic mass is 35.5. The molecule has 0 atom stereocenters. The molecular formula is C23H27ClN2O3. The Morgan fingerprint density at radius 1 is 1.14 bits per heavy atom. The van der Waals surface area contributed by atoms with Gasteiger partial charge >= 0.3 is 5.97 Å². The monoisotopic (exact) mass is 414 g/mol. The third kappa shape index (κ3) is 5.81.